The molecule has 1 heterocycles. The molecule has 1 saturated heterocycles. The Hall–Kier alpha value is -1.06. The maximum Gasteiger partial charge on any atom is 0.119 e. The number of hydrogen-bond acceptors (Lipinski definition) is 3. The minimum atomic E-state index is 0.120. The molecule has 1 aromatic rings. The number of nitrogens with two attached hydrogens (primary N) is 1. The fourth-order valence-electron chi connectivity index (χ4n) is 3.91. The first kappa shape index (κ1) is 13.9. The highest BCUT2D eigenvalue weighted by Gasteiger charge is 2.34. The Kier molecular flexibility index (Phi) is 3.99. The van der Waals surface area contributed by atoms with Crippen molar-refractivity contribution in [2.24, 2.45) is 5.73 Å². The zero-order chi connectivity index (χ0) is 14.1. The van der Waals surface area contributed by atoms with Crippen LogP contribution in [0.5, 0.6) is 5.75 Å². The molecule has 0 aromatic heterocycles. The summed E-state index contributed by atoms with van der Waals surface area (Å²) in [5.41, 5.74) is 9.30. The average molecular weight is 274 g/mol. The first-order chi connectivity index (χ1) is 9.70. The highest BCUT2D eigenvalue weighted by atomic mass is 16.5. The molecule has 0 saturated carbocycles. The monoisotopic (exact) mass is 274 g/mol. The van der Waals surface area contributed by atoms with Gasteiger partial charge in [-0.2, -0.15) is 0 Å². The molecule has 1 aliphatic heterocycles. The molecule has 3 atom stereocenters. The van der Waals surface area contributed by atoms with E-state index in [1.807, 2.05) is 0 Å². The molecule has 1 aliphatic carbocycles. The van der Waals surface area contributed by atoms with Crippen LogP contribution in [0.4, 0.5) is 0 Å². The SMILES string of the molecule is COc1ccc2c(c1)C(N)C(N1CCCCC1C)CC2. The van der Waals surface area contributed by atoms with Crippen molar-refractivity contribution >= 4 is 0 Å². The van der Waals surface area contributed by atoms with Crippen molar-refractivity contribution in [3.63, 3.8) is 0 Å². The molecule has 1 aromatic carbocycles. The van der Waals surface area contributed by atoms with E-state index in [-0.39, 0.29) is 6.04 Å². The third-order valence-corrected chi connectivity index (χ3v) is 5.12. The predicted octanol–water partition coefficient (Wildman–Crippen LogP) is 2.88. The highest BCUT2D eigenvalue weighted by Crippen LogP contribution is 2.36. The Balaban J connectivity index is 1.85. The van der Waals surface area contributed by atoms with Crippen LogP contribution in [0.15, 0.2) is 18.2 Å². The van der Waals surface area contributed by atoms with Gasteiger partial charge in [0.1, 0.15) is 5.75 Å². The summed E-state index contributed by atoms with van der Waals surface area (Å²) in [6.07, 6.45) is 6.32. The lowest BCUT2D eigenvalue weighted by Gasteiger charge is -2.44. The Bertz CT molecular complexity index is 474. The summed E-state index contributed by atoms with van der Waals surface area (Å²) < 4.78 is 5.36. The number of methoxy groups -OCH3 is 1. The summed E-state index contributed by atoms with van der Waals surface area (Å²) in [4.78, 5) is 2.65. The number of aryl methyl sites for hydroxylation is 1. The van der Waals surface area contributed by atoms with Crippen molar-refractivity contribution < 1.29 is 4.74 Å². The van der Waals surface area contributed by atoms with Gasteiger partial charge in [-0.25, -0.2) is 0 Å². The van der Waals surface area contributed by atoms with E-state index in [9.17, 15) is 0 Å². The van der Waals surface area contributed by atoms with E-state index in [0.717, 1.165) is 12.2 Å². The Morgan fingerprint density at radius 3 is 2.85 bits per heavy atom. The summed E-state index contributed by atoms with van der Waals surface area (Å²) in [5.74, 6) is 0.923. The van der Waals surface area contributed by atoms with Crippen molar-refractivity contribution in [1.82, 2.24) is 4.90 Å². The average Bonchev–Trinajstić information content (AvgIpc) is 2.48. The normalized spacial score (nSPS) is 30.9. The van der Waals surface area contributed by atoms with E-state index in [4.69, 9.17) is 10.5 Å². The van der Waals surface area contributed by atoms with Gasteiger partial charge in [0.2, 0.25) is 0 Å². The summed E-state index contributed by atoms with van der Waals surface area (Å²) >= 11 is 0. The van der Waals surface area contributed by atoms with Crippen LogP contribution in [0.2, 0.25) is 0 Å². The van der Waals surface area contributed by atoms with Gasteiger partial charge in [0, 0.05) is 18.1 Å². The lowest BCUT2D eigenvalue weighted by molar-refractivity contribution is 0.0798. The van der Waals surface area contributed by atoms with E-state index in [2.05, 4.69) is 30.0 Å². The third-order valence-electron chi connectivity index (χ3n) is 5.12. The van der Waals surface area contributed by atoms with E-state index >= 15 is 0 Å². The quantitative estimate of drug-likeness (QED) is 0.901. The molecule has 20 heavy (non-hydrogen) atoms. The second kappa shape index (κ2) is 5.74. The zero-order valence-corrected chi connectivity index (χ0v) is 12.6. The van der Waals surface area contributed by atoms with Gasteiger partial charge in [0.25, 0.3) is 0 Å². The molecule has 3 unspecified atom stereocenters. The van der Waals surface area contributed by atoms with E-state index in [1.54, 1.807) is 7.11 Å². The molecule has 1 fully saturated rings. The topological polar surface area (TPSA) is 38.5 Å². The van der Waals surface area contributed by atoms with Gasteiger partial charge in [0.15, 0.2) is 0 Å². The summed E-state index contributed by atoms with van der Waals surface area (Å²) in [7, 11) is 1.72. The van der Waals surface area contributed by atoms with Gasteiger partial charge in [0.05, 0.1) is 7.11 Å². The van der Waals surface area contributed by atoms with Gasteiger partial charge in [-0.15, -0.1) is 0 Å². The Morgan fingerprint density at radius 2 is 2.10 bits per heavy atom. The van der Waals surface area contributed by atoms with E-state index in [1.165, 1.54) is 43.4 Å². The molecule has 0 amide bonds. The van der Waals surface area contributed by atoms with Crippen LogP contribution in [0.25, 0.3) is 0 Å². The molecule has 0 spiro atoms. The number of rotatable bonds is 2. The van der Waals surface area contributed by atoms with Crippen LogP contribution >= 0.6 is 0 Å². The first-order valence-electron chi connectivity index (χ1n) is 7.89. The van der Waals surface area contributed by atoms with Crippen molar-refractivity contribution in [2.45, 2.75) is 57.2 Å². The number of piperidine rings is 1. The molecule has 2 N–H and O–H groups in total. The van der Waals surface area contributed by atoms with Crippen LogP contribution in [-0.4, -0.2) is 30.6 Å². The van der Waals surface area contributed by atoms with E-state index in [0.29, 0.717) is 12.1 Å². The van der Waals surface area contributed by atoms with Crippen LogP contribution in [-0.2, 0) is 6.42 Å². The van der Waals surface area contributed by atoms with Crippen LogP contribution < -0.4 is 10.5 Å². The number of ether oxygens (including phenoxy) is 1. The molecule has 2 aliphatic rings. The molecule has 3 nitrogen and oxygen atoms in total. The van der Waals surface area contributed by atoms with Crippen LogP contribution in [0.1, 0.15) is 49.8 Å². The van der Waals surface area contributed by atoms with Crippen molar-refractivity contribution in [3.05, 3.63) is 29.3 Å². The lowest BCUT2D eigenvalue weighted by atomic mass is 9.82. The van der Waals surface area contributed by atoms with Gasteiger partial charge in [-0.1, -0.05) is 12.5 Å². The third kappa shape index (κ3) is 2.45. The Labute approximate surface area is 122 Å². The number of nitrogens with zero attached hydrogens (tertiary/aromatic N) is 1. The Morgan fingerprint density at radius 1 is 1.25 bits per heavy atom. The maximum atomic E-state index is 6.61. The summed E-state index contributed by atoms with van der Waals surface area (Å²) in [5, 5.41) is 0. The standard InChI is InChI=1S/C17H26N2O/c1-12-5-3-4-10-19(12)16-9-7-13-6-8-14(20-2)11-15(13)17(16)18/h6,8,11-12,16-17H,3-5,7,9-10,18H2,1-2H3. The molecule has 110 valence electrons. The lowest BCUT2D eigenvalue weighted by Crippen LogP contribution is -2.51. The van der Waals surface area contributed by atoms with E-state index < -0.39 is 0 Å². The highest BCUT2D eigenvalue weighted by molar-refractivity contribution is 5.40. The second-order valence-corrected chi connectivity index (χ2v) is 6.28. The molecule has 0 bridgehead atoms. The second-order valence-electron chi connectivity index (χ2n) is 6.28. The minimum Gasteiger partial charge on any atom is -0.497 e. The number of hydrogen-bond donors (Lipinski definition) is 1. The molecular weight excluding hydrogens is 248 g/mol. The molecule has 3 heteroatoms. The molecule has 3 rings (SSSR count). The summed E-state index contributed by atoms with van der Waals surface area (Å²) in [6, 6.07) is 7.66. The molecule has 0 radical (unpaired) electrons. The van der Waals surface area contributed by atoms with Gasteiger partial charge < -0.3 is 10.5 Å². The fraction of sp³-hybridized carbons (Fsp3) is 0.647. The minimum absolute atomic E-state index is 0.120. The maximum absolute atomic E-state index is 6.61. The number of fused-ring (bicyclic) bond motifs is 1. The molecular formula is C17H26N2O. The van der Waals surface area contributed by atoms with Gasteiger partial charge in [-0.05, 0) is 62.4 Å². The van der Waals surface area contributed by atoms with Crippen molar-refractivity contribution in [1.29, 1.82) is 0 Å². The van der Waals surface area contributed by atoms with Crippen molar-refractivity contribution in [2.75, 3.05) is 13.7 Å². The first-order valence-corrected chi connectivity index (χ1v) is 7.89. The zero-order valence-electron chi connectivity index (χ0n) is 12.6. The summed E-state index contributed by atoms with van der Waals surface area (Å²) in [6.45, 7) is 3.56. The fourth-order valence-corrected chi connectivity index (χ4v) is 3.91. The van der Waals surface area contributed by atoms with Crippen molar-refractivity contribution in [3.8, 4) is 5.75 Å². The predicted molar refractivity (Wildman–Crippen MR) is 82.1 cm³/mol. The smallest absolute Gasteiger partial charge is 0.119 e. The largest absolute Gasteiger partial charge is 0.497 e. The van der Waals surface area contributed by atoms with Gasteiger partial charge >= 0.3 is 0 Å². The van der Waals surface area contributed by atoms with Crippen LogP contribution in [0.3, 0.4) is 0 Å². The number of likely N-dealkylation sites (tertiary alicyclic amines) is 1. The van der Waals surface area contributed by atoms with Gasteiger partial charge in [-0.3, -0.25) is 4.90 Å². The number of benzene rings is 1. The van der Waals surface area contributed by atoms with Crippen LogP contribution in [0, 0.1) is 0 Å².